The molecular formula is C8H17N5O4S. The van der Waals surface area contributed by atoms with E-state index >= 15 is 0 Å². The van der Waals surface area contributed by atoms with E-state index in [0.717, 1.165) is 24.3 Å². The minimum atomic E-state index is -4.30. The first-order chi connectivity index (χ1) is 8.44. The fourth-order valence-corrected chi connectivity index (χ4v) is 1.84. The van der Waals surface area contributed by atoms with Gasteiger partial charge in [0, 0.05) is 0 Å². The third-order valence-corrected chi connectivity index (χ3v) is 2.72. The second kappa shape index (κ2) is 6.40. The zero-order valence-corrected chi connectivity index (χ0v) is 10.9. The summed E-state index contributed by atoms with van der Waals surface area (Å²) in [5.41, 5.74) is 10.8. The van der Waals surface area contributed by atoms with Crippen molar-refractivity contribution >= 4 is 22.3 Å². The average molecular weight is 279 g/mol. The third-order valence-electron chi connectivity index (χ3n) is 2.10. The number of guanidine groups is 2. The Morgan fingerprint density at radius 1 is 1.28 bits per heavy atom. The van der Waals surface area contributed by atoms with Crippen LogP contribution in [0, 0.1) is 0 Å². The van der Waals surface area contributed by atoms with E-state index in [9.17, 15) is 8.42 Å². The fraction of sp³-hybridized carbons (Fsp3) is 0.750. The van der Waals surface area contributed by atoms with Gasteiger partial charge in [0.05, 0.1) is 6.54 Å². The highest BCUT2D eigenvalue weighted by Crippen LogP contribution is 2.08. The van der Waals surface area contributed by atoms with E-state index in [2.05, 4.69) is 25.6 Å². The van der Waals surface area contributed by atoms with Gasteiger partial charge in [-0.15, -0.1) is 4.28 Å². The second-order valence-corrected chi connectivity index (χ2v) is 4.75. The van der Waals surface area contributed by atoms with Crippen LogP contribution in [-0.2, 0) is 19.0 Å². The molecular weight excluding hydrogens is 262 g/mol. The van der Waals surface area contributed by atoms with Crippen LogP contribution in [0.5, 0.6) is 0 Å². The molecule has 0 radical (unpaired) electrons. The van der Waals surface area contributed by atoms with Gasteiger partial charge >= 0.3 is 10.4 Å². The zero-order valence-electron chi connectivity index (χ0n) is 10.1. The predicted octanol–water partition coefficient (Wildman–Crippen LogP) is -0.380. The Morgan fingerprint density at radius 2 is 2.00 bits per heavy atom. The number of oxime groups is 1. The van der Waals surface area contributed by atoms with Crippen molar-refractivity contribution in [3.05, 3.63) is 0 Å². The monoisotopic (exact) mass is 279 g/mol. The van der Waals surface area contributed by atoms with Crippen molar-refractivity contribution in [2.75, 3.05) is 6.54 Å². The Kier molecular flexibility index (Phi) is 5.16. The van der Waals surface area contributed by atoms with Crippen LogP contribution in [0.15, 0.2) is 10.1 Å². The van der Waals surface area contributed by atoms with Crippen LogP contribution in [0.1, 0.15) is 32.6 Å². The van der Waals surface area contributed by atoms with Gasteiger partial charge in [0.15, 0.2) is 0 Å². The highest BCUT2D eigenvalue weighted by molar-refractivity contribution is 7.81. The lowest BCUT2D eigenvalue weighted by molar-refractivity contribution is 0.00258. The Balaban J connectivity index is 2.70. The van der Waals surface area contributed by atoms with Gasteiger partial charge in [-0.3, -0.25) is 0 Å². The number of hydroxylamine groups is 2. The molecule has 0 aliphatic carbocycles. The van der Waals surface area contributed by atoms with Crippen LogP contribution in [0.25, 0.3) is 0 Å². The Bertz CT molecular complexity index is 433. The molecule has 0 amide bonds. The van der Waals surface area contributed by atoms with E-state index in [0.29, 0.717) is 6.42 Å². The molecule has 0 fully saturated rings. The van der Waals surface area contributed by atoms with Crippen molar-refractivity contribution in [2.24, 2.45) is 21.6 Å². The van der Waals surface area contributed by atoms with Gasteiger partial charge in [-0.1, -0.05) is 26.2 Å². The van der Waals surface area contributed by atoms with Crippen molar-refractivity contribution in [1.82, 2.24) is 5.06 Å². The summed E-state index contributed by atoms with van der Waals surface area (Å²) >= 11 is 0. The summed E-state index contributed by atoms with van der Waals surface area (Å²) < 4.78 is 31.2. The molecule has 0 bridgehead atoms. The van der Waals surface area contributed by atoms with Gasteiger partial charge < -0.3 is 11.5 Å². The maximum Gasteiger partial charge on any atom is 0.491 e. The van der Waals surface area contributed by atoms with Gasteiger partial charge in [0.25, 0.3) is 5.96 Å². The van der Waals surface area contributed by atoms with E-state index in [1.54, 1.807) is 0 Å². The molecule has 104 valence electrons. The number of unbranched alkanes of at least 4 members (excludes halogenated alkanes) is 3. The summed E-state index contributed by atoms with van der Waals surface area (Å²) in [4.78, 5) is 3.62. The van der Waals surface area contributed by atoms with Crippen LogP contribution in [-0.4, -0.2) is 31.9 Å². The molecule has 0 spiro atoms. The van der Waals surface area contributed by atoms with Crippen molar-refractivity contribution in [3.8, 4) is 0 Å². The summed E-state index contributed by atoms with van der Waals surface area (Å²) in [5.74, 6) is -0.572. The van der Waals surface area contributed by atoms with Crippen molar-refractivity contribution in [3.63, 3.8) is 0 Å². The maximum atomic E-state index is 11.3. The van der Waals surface area contributed by atoms with Crippen molar-refractivity contribution in [2.45, 2.75) is 32.6 Å². The predicted molar refractivity (Wildman–Crippen MR) is 65.2 cm³/mol. The average Bonchev–Trinajstić information content (AvgIpc) is 2.29. The first-order valence-electron chi connectivity index (χ1n) is 5.53. The second-order valence-electron chi connectivity index (χ2n) is 3.64. The van der Waals surface area contributed by atoms with Gasteiger partial charge in [-0.25, -0.2) is 9.35 Å². The van der Waals surface area contributed by atoms with Gasteiger partial charge in [-0.2, -0.15) is 13.4 Å². The molecule has 1 aliphatic rings. The first-order valence-corrected chi connectivity index (χ1v) is 6.86. The highest BCUT2D eigenvalue weighted by Gasteiger charge is 2.23. The normalized spacial score (nSPS) is 25.1. The minimum Gasteiger partial charge on any atom is -0.368 e. The molecule has 4 N–H and O–H groups in total. The molecule has 10 heteroatoms. The molecule has 9 nitrogen and oxygen atoms in total. The minimum absolute atomic E-state index is 0.181. The Hall–Kier alpha value is -1.55. The summed E-state index contributed by atoms with van der Waals surface area (Å²) in [6, 6.07) is 0. The molecule has 0 unspecified atom stereocenters. The molecule has 0 atom stereocenters. The van der Waals surface area contributed by atoms with Crippen LogP contribution in [0.3, 0.4) is 0 Å². The SMILES string of the molecule is CCCCCCN1OS(=O)(=O)O/N=C(N)\N=C/1N. The summed E-state index contributed by atoms with van der Waals surface area (Å²) in [6.45, 7) is 2.34. The first kappa shape index (κ1) is 14.5. The van der Waals surface area contributed by atoms with E-state index in [1.165, 1.54) is 0 Å². The van der Waals surface area contributed by atoms with Gasteiger partial charge in [0.2, 0.25) is 5.96 Å². The van der Waals surface area contributed by atoms with Crippen LogP contribution < -0.4 is 11.5 Å². The molecule has 0 saturated heterocycles. The summed E-state index contributed by atoms with van der Waals surface area (Å²) in [5, 5.41) is 3.94. The van der Waals surface area contributed by atoms with Crippen LogP contribution in [0.4, 0.5) is 0 Å². The largest absolute Gasteiger partial charge is 0.491 e. The molecule has 0 aromatic carbocycles. The van der Waals surface area contributed by atoms with E-state index < -0.39 is 16.4 Å². The molecule has 0 aromatic heterocycles. The van der Waals surface area contributed by atoms with Gasteiger partial charge in [-0.05, 0) is 11.6 Å². The number of aliphatic imine (C=N–C) groups is 1. The molecule has 0 saturated carbocycles. The summed E-state index contributed by atoms with van der Waals surface area (Å²) in [7, 11) is -4.30. The number of nitrogens with two attached hydrogens (primary N) is 2. The molecule has 18 heavy (non-hydrogen) atoms. The maximum absolute atomic E-state index is 11.3. The lowest BCUT2D eigenvalue weighted by atomic mass is 10.2. The standard InChI is InChI=1S/C8H17N5O4S/c1-2-3-4-5-6-13-8(10)11-7(9)12-16-18(14,15)17-13/h2-6H2,1H3,(H4,9,10,11,12). The number of hydrogen-bond donors (Lipinski definition) is 2. The van der Waals surface area contributed by atoms with Gasteiger partial charge in [0.1, 0.15) is 0 Å². The molecule has 0 aromatic rings. The third kappa shape index (κ3) is 4.75. The summed E-state index contributed by atoms with van der Waals surface area (Å²) in [6.07, 6.45) is 3.73. The van der Waals surface area contributed by atoms with E-state index in [-0.39, 0.29) is 12.5 Å². The van der Waals surface area contributed by atoms with Crippen molar-refractivity contribution in [1.29, 1.82) is 0 Å². The number of hydrogen-bond acceptors (Lipinski definition) is 9. The number of nitrogens with zero attached hydrogens (tertiary/aromatic N) is 3. The molecule has 1 aliphatic heterocycles. The smallest absolute Gasteiger partial charge is 0.368 e. The topological polar surface area (TPSA) is 133 Å². The van der Waals surface area contributed by atoms with E-state index in [1.807, 2.05) is 0 Å². The lowest BCUT2D eigenvalue weighted by Gasteiger charge is -2.21. The Labute approximate surface area is 106 Å². The Morgan fingerprint density at radius 3 is 2.67 bits per heavy atom. The molecule has 1 rings (SSSR count). The number of rotatable bonds is 5. The van der Waals surface area contributed by atoms with Crippen LogP contribution >= 0.6 is 0 Å². The van der Waals surface area contributed by atoms with Crippen LogP contribution in [0.2, 0.25) is 0 Å². The van der Waals surface area contributed by atoms with E-state index in [4.69, 9.17) is 11.5 Å². The zero-order chi connectivity index (χ0) is 13.6. The quantitative estimate of drug-likeness (QED) is 0.655. The fourth-order valence-electron chi connectivity index (χ4n) is 1.27. The van der Waals surface area contributed by atoms with Crippen molar-refractivity contribution < 1.29 is 17.0 Å². The highest BCUT2D eigenvalue weighted by atomic mass is 32.3. The lowest BCUT2D eigenvalue weighted by Crippen LogP contribution is -2.42. The molecule has 1 heterocycles.